The molecular weight excluding hydrogens is 409 g/mol. The Hall–Kier alpha value is -0.140. The van der Waals surface area contributed by atoms with Crippen molar-refractivity contribution < 1.29 is 9.53 Å². The Morgan fingerprint density at radius 1 is 1.56 bits per heavy atom. The quantitative estimate of drug-likeness (QED) is 0.536. The van der Waals surface area contributed by atoms with Crippen LogP contribution in [0.5, 0.6) is 0 Å². The number of nitrogens with zero attached hydrogens (tertiary/aromatic N) is 1. The van der Waals surface area contributed by atoms with Gasteiger partial charge in [-0.3, -0.25) is 4.79 Å². The average molecular weight is 426 g/mol. The molecule has 0 saturated carbocycles. The van der Waals surface area contributed by atoms with E-state index in [0.717, 1.165) is 14.7 Å². The molecule has 0 spiro atoms. The molecule has 0 aliphatic carbocycles. The van der Waals surface area contributed by atoms with Crippen LogP contribution in [0.25, 0.3) is 0 Å². The Balaban J connectivity index is 2.77. The van der Waals surface area contributed by atoms with Gasteiger partial charge in [-0.2, -0.15) is 0 Å². The Bertz CT molecular complexity index is 425. The van der Waals surface area contributed by atoms with Crippen LogP contribution in [-0.4, -0.2) is 42.9 Å². The highest BCUT2D eigenvalue weighted by atomic mass is 127. The molecule has 1 aromatic carbocycles. The SMILES string of the molecule is COCC(Br)CN(C)C(=O)c1cccc(C)c1I. The number of amides is 1. The molecule has 18 heavy (non-hydrogen) atoms. The molecule has 1 rings (SSSR count). The van der Waals surface area contributed by atoms with E-state index in [9.17, 15) is 4.79 Å². The smallest absolute Gasteiger partial charge is 0.254 e. The largest absolute Gasteiger partial charge is 0.383 e. The number of hydrogen-bond donors (Lipinski definition) is 0. The molecule has 3 nitrogen and oxygen atoms in total. The number of ether oxygens (including phenoxy) is 1. The monoisotopic (exact) mass is 425 g/mol. The van der Waals surface area contributed by atoms with E-state index in [1.807, 2.05) is 32.2 Å². The maximum absolute atomic E-state index is 12.3. The molecule has 1 aromatic rings. The highest BCUT2D eigenvalue weighted by Gasteiger charge is 2.18. The molecule has 0 aromatic heterocycles. The average Bonchev–Trinajstić information content (AvgIpc) is 2.32. The number of alkyl halides is 1. The van der Waals surface area contributed by atoms with Gasteiger partial charge in [0, 0.05) is 24.3 Å². The summed E-state index contributed by atoms with van der Waals surface area (Å²) in [6.07, 6.45) is 0. The Labute approximate surface area is 130 Å². The topological polar surface area (TPSA) is 29.5 Å². The molecule has 1 amide bonds. The van der Waals surface area contributed by atoms with E-state index in [-0.39, 0.29) is 10.7 Å². The molecule has 0 N–H and O–H groups in total. The van der Waals surface area contributed by atoms with Gasteiger partial charge in [-0.15, -0.1) is 0 Å². The minimum atomic E-state index is 0.0450. The first-order valence-electron chi connectivity index (χ1n) is 5.61. The summed E-state index contributed by atoms with van der Waals surface area (Å²) in [6.45, 7) is 3.22. The zero-order valence-electron chi connectivity index (χ0n) is 10.7. The second-order valence-electron chi connectivity index (χ2n) is 4.17. The van der Waals surface area contributed by atoms with Gasteiger partial charge in [0.1, 0.15) is 0 Å². The van der Waals surface area contributed by atoms with Gasteiger partial charge in [-0.05, 0) is 41.1 Å². The van der Waals surface area contributed by atoms with Gasteiger partial charge in [0.05, 0.1) is 17.0 Å². The van der Waals surface area contributed by atoms with E-state index in [4.69, 9.17) is 4.74 Å². The van der Waals surface area contributed by atoms with Gasteiger partial charge in [0.15, 0.2) is 0 Å². The van der Waals surface area contributed by atoms with Crippen molar-refractivity contribution in [2.75, 3.05) is 27.3 Å². The number of carbonyl (C=O) groups is 1. The fraction of sp³-hybridized carbons (Fsp3) is 0.462. The Morgan fingerprint density at radius 2 is 2.22 bits per heavy atom. The lowest BCUT2D eigenvalue weighted by Gasteiger charge is -2.21. The van der Waals surface area contributed by atoms with Crippen molar-refractivity contribution in [3.63, 3.8) is 0 Å². The Morgan fingerprint density at radius 3 is 2.83 bits per heavy atom. The Kier molecular flexibility index (Phi) is 6.59. The van der Waals surface area contributed by atoms with Crippen LogP contribution in [0.1, 0.15) is 15.9 Å². The summed E-state index contributed by atoms with van der Waals surface area (Å²) in [5, 5.41) is 0. The molecule has 0 heterocycles. The van der Waals surface area contributed by atoms with Gasteiger partial charge in [0.2, 0.25) is 0 Å². The summed E-state index contributed by atoms with van der Waals surface area (Å²) in [5.74, 6) is 0.0450. The standard InChI is InChI=1S/C13H17BrINO2/c1-9-5-4-6-11(12(9)15)13(17)16(2)7-10(14)8-18-3/h4-6,10H,7-8H2,1-3H3. The summed E-state index contributed by atoms with van der Waals surface area (Å²) < 4.78 is 6.06. The molecule has 5 heteroatoms. The predicted octanol–water partition coefficient (Wildman–Crippen LogP) is 3.08. The van der Waals surface area contributed by atoms with Crippen LogP contribution >= 0.6 is 38.5 Å². The number of aryl methyl sites for hydroxylation is 1. The van der Waals surface area contributed by atoms with Crippen LogP contribution in [0, 0.1) is 10.5 Å². The van der Waals surface area contributed by atoms with E-state index in [2.05, 4.69) is 38.5 Å². The molecule has 0 bridgehead atoms. The summed E-state index contributed by atoms with van der Waals surface area (Å²) in [7, 11) is 3.46. The van der Waals surface area contributed by atoms with Crippen LogP contribution in [0.15, 0.2) is 18.2 Å². The van der Waals surface area contributed by atoms with Crippen LogP contribution in [0.2, 0.25) is 0 Å². The highest BCUT2D eigenvalue weighted by Crippen LogP contribution is 2.18. The summed E-state index contributed by atoms with van der Waals surface area (Å²) in [5.41, 5.74) is 1.89. The van der Waals surface area contributed by atoms with Gasteiger partial charge in [-0.25, -0.2) is 0 Å². The van der Waals surface area contributed by atoms with E-state index >= 15 is 0 Å². The van der Waals surface area contributed by atoms with Crippen molar-refractivity contribution in [1.29, 1.82) is 0 Å². The number of carbonyl (C=O) groups excluding carboxylic acids is 1. The van der Waals surface area contributed by atoms with E-state index in [1.54, 1.807) is 12.0 Å². The van der Waals surface area contributed by atoms with E-state index < -0.39 is 0 Å². The lowest BCUT2D eigenvalue weighted by atomic mass is 10.1. The highest BCUT2D eigenvalue weighted by molar-refractivity contribution is 14.1. The lowest BCUT2D eigenvalue weighted by Crippen LogP contribution is -2.34. The number of hydrogen-bond acceptors (Lipinski definition) is 2. The van der Waals surface area contributed by atoms with Crippen LogP contribution in [-0.2, 0) is 4.74 Å². The molecule has 1 atom stereocenters. The molecule has 0 radical (unpaired) electrons. The first kappa shape index (κ1) is 15.9. The fourth-order valence-corrected chi connectivity index (χ4v) is 2.92. The van der Waals surface area contributed by atoms with Gasteiger partial charge >= 0.3 is 0 Å². The predicted molar refractivity (Wildman–Crippen MR) is 85.4 cm³/mol. The number of methoxy groups -OCH3 is 1. The van der Waals surface area contributed by atoms with Gasteiger partial charge in [0.25, 0.3) is 5.91 Å². The van der Waals surface area contributed by atoms with E-state index in [0.29, 0.717) is 13.2 Å². The summed E-state index contributed by atoms with van der Waals surface area (Å²) in [6, 6.07) is 5.79. The molecule has 0 saturated heterocycles. The third-order valence-electron chi connectivity index (χ3n) is 2.59. The first-order valence-corrected chi connectivity index (χ1v) is 7.60. The van der Waals surface area contributed by atoms with Gasteiger partial charge in [-0.1, -0.05) is 28.1 Å². The minimum absolute atomic E-state index is 0.0450. The summed E-state index contributed by atoms with van der Waals surface area (Å²) in [4.78, 5) is 14.2. The van der Waals surface area contributed by atoms with Crippen LogP contribution < -0.4 is 0 Å². The van der Waals surface area contributed by atoms with Crippen molar-refractivity contribution in [1.82, 2.24) is 4.90 Å². The van der Waals surface area contributed by atoms with Crippen molar-refractivity contribution in [3.05, 3.63) is 32.9 Å². The molecule has 0 aliphatic rings. The maximum Gasteiger partial charge on any atom is 0.254 e. The number of rotatable bonds is 5. The molecule has 0 fully saturated rings. The molecule has 1 unspecified atom stereocenters. The number of benzene rings is 1. The zero-order chi connectivity index (χ0) is 13.7. The fourth-order valence-electron chi connectivity index (χ4n) is 1.63. The van der Waals surface area contributed by atoms with Crippen molar-refractivity contribution in [2.45, 2.75) is 11.8 Å². The van der Waals surface area contributed by atoms with Crippen LogP contribution in [0.4, 0.5) is 0 Å². The number of halogens is 2. The van der Waals surface area contributed by atoms with Crippen molar-refractivity contribution >= 4 is 44.4 Å². The van der Waals surface area contributed by atoms with Crippen LogP contribution in [0.3, 0.4) is 0 Å². The summed E-state index contributed by atoms with van der Waals surface area (Å²) >= 11 is 5.71. The van der Waals surface area contributed by atoms with Gasteiger partial charge < -0.3 is 9.64 Å². The first-order chi connectivity index (χ1) is 8.47. The van der Waals surface area contributed by atoms with Crippen molar-refractivity contribution in [2.24, 2.45) is 0 Å². The molecular formula is C13H17BrINO2. The molecule has 100 valence electrons. The normalized spacial score (nSPS) is 12.3. The second kappa shape index (κ2) is 7.45. The maximum atomic E-state index is 12.3. The lowest BCUT2D eigenvalue weighted by molar-refractivity contribution is 0.0783. The zero-order valence-corrected chi connectivity index (χ0v) is 14.5. The molecule has 0 aliphatic heterocycles. The third kappa shape index (κ3) is 4.20. The minimum Gasteiger partial charge on any atom is -0.383 e. The third-order valence-corrected chi connectivity index (χ3v) is 4.57. The second-order valence-corrected chi connectivity index (χ2v) is 6.55. The van der Waals surface area contributed by atoms with Crippen molar-refractivity contribution in [3.8, 4) is 0 Å². The van der Waals surface area contributed by atoms with E-state index in [1.165, 1.54) is 0 Å².